The Kier molecular flexibility index (Phi) is 4.97. The summed E-state index contributed by atoms with van der Waals surface area (Å²) in [6.45, 7) is 0.131. The van der Waals surface area contributed by atoms with Crippen LogP contribution in [0, 0.1) is 21.4 Å². The summed E-state index contributed by atoms with van der Waals surface area (Å²) in [6, 6.07) is 7.22. The molecule has 1 aromatic carbocycles. The molecule has 1 aromatic rings. The average molecular weight is 283 g/mol. The Morgan fingerprint density at radius 2 is 1.95 bits per heavy atom. The second-order valence-electron chi connectivity index (χ2n) is 3.91. The van der Waals surface area contributed by atoms with Crippen molar-refractivity contribution in [3.63, 3.8) is 0 Å². The van der Waals surface area contributed by atoms with Gasteiger partial charge >= 0.3 is 0 Å². The quantitative estimate of drug-likeness (QED) is 0.577. The van der Waals surface area contributed by atoms with Crippen LogP contribution in [0.25, 0.3) is 0 Å². The number of non-ortho nitro benzene ring substituents is 1. The Balaban J connectivity index is 2.78. The zero-order valence-corrected chi connectivity index (χ0v) is 11.1. The first-order valence-corrected chi connectivity index (χ1v) is 7.02. The van der Waals surface area contributed by atoms with Crippen molar-refractivity contribution in [3.05, 3.63) is 39.9 Å². The first-order valence-electron chi connectivity index (χ1n) is 5.41. The molecule has 8 heteroatoms. The van der Waals surface area contributed by atoms with Gasteiger partial charge in [-0.3, -0.25) is 10.1 Å². The summed E-state index contributed by atoms with van der Waals surface area (Å²) in [6.07, 6.45) is 0.121. The van der Waals surface area contributed by atoms with Crippen LogP contribution in [-0.2, 0) is 15.8 Å². The zero-order chi connectivity index (χ0) is 14.5. The van der Waals surface area contributed by atoms with E-state index in [1.54, 1.807) is 0 Å². The maximum atomic E-state index is 11.9. The molecule has 0 atom stereocenters. The van der Waals surface area contributed by atoms with Gasteiger partial charge in [0.1, 0.15) is 0 Å². The normalized spacial score (nSPS) is 11.2. The fourth-order valence-corrected chi connectivity index (χ4v) is 2.58. The van der Waals surface area contributed by atoms with Crippen LogP contribution >= 0.6 is 0 Å². The summed E-state index contributed by atoms with van der Waals surface area (Å²) in [5, 5.41) is 18.9. The largest absolute Gasteiger partial charge is 0.269 e. The Morgan fingerprint density at radius 1 is 1.37 bits per heavy atom. The third-order valence-electron chi connectivity index (χ3n) is 2.51. The molecule has 1 rings (SSSR count). The van der Waals surface area contributed by atoms with Gasteiger partial charge in [-0.2, -0.15) is 5.26 Å². The fourth-order valence-electron chi connectivity index (χ4n) is 1.38. The Bertz CT molecular complexity index is 589. The fraction of sp³-hybridized carbons (Fsp3) is 0.364. The molecular weight excluding hydrogens is 270 g/mol. The first kappa shape index (κ1) is 15.1. The second-order valence-corrected chi connectivity index (χ2v) is 5.99. The smallest absolute Gasteiger partial charge is 0.258 e. The van der Waals surface area contributed by atoms with E-state index in [9.17, 15) is 18.5 Å². The molecular formula is C11H13N3O4S. The van der Waals surface area contributed by atoms with Crippen molar-refractivity contribution in [1.82, 2.24) is 4.31 Å². The number of hydrogen-bond donors (Lipinski definition) is 0. The third-order valence-corrected chi connectivity index (χ3v) is 4.34. The molecule has 0 heterocycles. The predicted molar refractivity (Wildman–Crippen MR) is 68.6 cm³/mol. The van der Waals surface area contributed by atoms with Crippen LogP contribution in [-0.4, -0.2) is 31.2 Å². The SMILES string of the molecule is CN(CCC#N)S(=O)(=O)Cc1ccc([N+](=O)[O-])cc1. The van der Waals surface area contributed by atoms with Crippen molar-refractivity contribution < 1.29 is 13.3 Å². The molecule has 0 spiro atoms. The number of hydrogen-bond acceptors (Lipinski definition) is 5. The molecule has 0 aromatic heterocycles. The molecule has 0 aliphatic rings. The number of nitro groups is 1. The van der Waals surface area contributed by atoms with Gasteiger partial charge in [0.25, 0.3) is 5.69 Å². The van der Waals surface area contributed by atoms with E-state index in [4.69, 9.17) is 5.26 Å². The summed E-state index contributed by atoms with van der Waals surface area (Å²) < 4.78 is 24.9. The van der Waals surface area contributed by atoms with Crippen molar-refractivity contribution in [2.75, 3.05) is 13.6 Å². The van der Waals surface area contributed by atoms with E-state index in [1.165, 1.54) is 31.3 Å². The predicted octanol–water partition coefficient (Wildman–Crippen LogP) is 1.27. The van der Waals surface area contributed by atoms with Crippen LogP contribution in [0.1, 0.15) is 12.0 Å². The monoisotopic (exact) mass is 283 g/mol. The van der Waals surface area contributed by atoms with Gasteiger partial charge in [-0.15, -0.1) is 0 Å². The zero-order valence-electron chi connectivity index (χ0n) is 10.3. The maximum Gasteiger partial charge on any atom is 0.269 e. The minimum atomic E-state index is -3.51. The standard InChI is InChI=1S/C11H13N3O4S/c1-13(8-2-7-12)19(17,18)9-10-3-5-11(6-4-10)14(15)16/h3-6H,2,8-9H2,1H3. The van der Waals surface area contributed by atoms with Crippen molar-refractivity contribution in [2.45, 2.75) is 12.2 Å². The molecule has 0 aliphatic heterocycles. The Morgan fingerprint density at radius 3 is 2.42 bits per heavy atom. The van der Waals surface area contributed by atoms with Crippen LogP contribution < -0.4 is 0 Å². The highest BCUT2D eigenvalue weighted by Gasteiger charge is 2.18. The summed E-state index contributed by atoms with van der Waals surface area (Å²) in [4.78, 5) is 9.93. The minimum absolute atomic E-state index is 0.0843. The van der Waals surface area contributed by atoms with Gasteiger partial charge in [0.05, 0.1) is 16.7 Å². The lowest BCUT2D eigenvalue weighted by molar-refractivity contribution is -0.384. The molecule has 19 heavy (non-hydrogen) atoms. The van der Waals surface area contributed by atoms with Gasteiger partial charge in [0, 0.05) is 32.1 Å². The summed E-state index contributed by atoms with van der Waals surface area (Å²) in [5.41, 5.74) is 0.383. The number of nitro benzene ring substituents is 1. The topological polar surface area (TPSA) is 104 Å². The summed E-state index contributed by atoms with van der Waals surface area (Å²) in [5.74, 6) is -0.243. The van der Waals surface area contributed by atoms with E-state index in [-0.39, 0.29) is 24.4 Å². The molecule has 0 aliphatic carbocycles. The Labute approximate surface area is 111 Å². The van der Waals surface area contributed by atoms with E-state index in [0.717, 1.165) is 4.31 Å². The number of nitriles is 1. The number of rotatable bonds is 6. The highest BCUT2D eigenvalue weighted by Crippen LogP contribution is 2.15. The van der Waals surface area contributed by atoms with Gasteiger partial charge in [0.2, 0.25) is 10.0 Å². The lowest BCUT2D eigenvalue weighted by Gasteiger charge is -2.15. The second kappa shape index (κ2) is 6.26. The number of benzene rings is 1. The van der Waals surface area contributed by atoms with Gasteiger partial charge in [-0.25, -0.2) is 12.7 Å². The Hall–Kier alpha value is -1.98. The van der Waals surface area contributed by atoms with Crippen molar-refractivity contribution >= 4 is 15.7 Å². The molecule has 0 saturated heterocycles. The third kappa shape index (κ3) is 4.31. The van der Waals surface area contributed by atoms with Crippen molar-refractivity contribution in [2.24, 2.45) is 0 Å². The van der Waals surface area contributed by atoms with Crippen LogP contribution in [0.15, 0.2) is 24.3 Å². The highest BCUT2D eigenvalue weighted by molar-refractivity contribution is 7.88. The maximum absolute atomic E-state index is 11.9. The first-order chi connectivity index (χ1) is 8.86. The molecule has 0 N–H and O–H groups in total. The van der Waals surface area contributed by atoms with Crippen LogP contribution in [0.4, 0.5) is 5.69 Å². The van der Waals surface area contributed by atoms with Crippen LogP contribution in [0.2, 0.25) is 0 Å². The molecule has 0 fully saturated rings. The van der Waals surface area contributed by atoms with Gasteiger partial charge in [-0.05, 0) is 5.56 Å². The van der Waals surface area contributed by atoms with Gasteiger partial charge in [-0.1, -0.05) is 12.1 Å². The van der Waals surface area contributed by atoms with E-state index < -0.39 is 14.9 Å². The molecule has 0 amide bonds. The van der Waals surface area contributed by atoms with Gasteiger partial charge in [0.15, 0.2) is 0 Å². The van der Waals surface area contributed by atoms with E-state index in [0.29, 0.717) is 5.56 Å². The van der Waals surface area contributed by atoms with E-state index in [2.05, 4.69) is 0 Å². The molecule has 102 valence electrons. The number of sulfonamides is 1. The van der Waals surface area contributed by atoms with Crippen LogP contribution in [0.5, 0.6) is 0 Å². The van der Waals surface area contributed by atoms with E-state index in [1.807, 2.05) is 6.07 Å². The molecule has 0 saturated carbocycles. The highest BCUT2D eigenvalue weighted by atomic mass is 32.2. The van der Waals surface area contributed by atoms with Crippen molar-refractivity contribution in [3.8, 4) is 6.07 Å². The van der Waals surface area contributed by atoms with Crippen molar-refractivity contribution in [1.29, 1.82) is 5.26 Å². The van der Waals surface area contributed by atoms with Gasteiger partial charge < -0.3 is 0 Å². The lowest BCUT2D eigenvalue weighted by atomic mass is 10.2. The molecule has 0 radical (unpaired) electrons. The summed E-state index contributed by atoms with van der Waals surface area (Å²) >= 11 is 0. The lowest BCUT2D eigenvalue weighted by Crippen LogP contribution is -2.29. The average Bonchev–Trinajstić information content (AvgIpc) is 2.36. The van der Waals surface area contributed by atoms with E-state index >= 15 is 0 Å². The number of nitrogens with zero attached hydrogens (tertiary/aromatic N) is 3. The molecule has 0 unspecified atom stereocenters. The summed E-state index contributed by atoms with van der Waals surface area (Å²) in [7, 11) is -2.11. The molecule has 7 nitrogen and oxygen atoms in total. The van der Waals surface area contributed by atoms with Crippen LogP contribution in [0.3, 0.4) is 0 Å². The minimum Gasteiger partial charge on any atom is -0.258 e. The molecule has 0 bridgehead atoms.